The van der Waals surface area contributed by atoms with Gasteiger partial charge >= 0.3 is 5.97 Å². The Balaban J connectivity index is 2.87. The molecule has 0 amide bonds. The molecule has 1 aromatic rings. The highest BCUT2D eigenvalue weighted by molar-refractivity contribution is 6.42. The van der Waals surface area contributed by atoms with Crippen LogP contribution in [0.25, 0.3) is 6.08 Å². The van der Waals surface area contributed by atoms with Crippen LogP contribution >= 0.6 is 23.2 Å². The van der Waals surface area contributed by atoms with E-state index in [0.717, 1.165) is 0 Å². The first kappa shape index (κ1) is 12.0. The molecule has 0 heterocycles. The summed E-state index contributed by atoms with van der Waals surface area (Å²) in [6, 6.07) is 2.65. The van der Waals surface area contributed by atoms with Crippen LogP contribution in [0.2, 0.25) is 10.0 Å². The summed E-state index contributed by atoms with van der Waals surface area (Å²) in [5.74, 6) is -1.58. The first-order valence-corrected chi connectivity index (χ1v) is 4.79. The van der Waals surface area contributed by atoms with Crippen molar-refractivity contribution in [2.24, 2.45) is 0 Å². The number of hydrogen-bond donors (Lipinski definition) is 1. The molecule has 0 aliphatic carbocycles. The Kier molecular flexibility index (Phi) is 4.12. The van der Waals surface area contributed by atoms with Gasteiger partial charge in [0, 0.05) is 0 Å². The largest absolute Gasteiger partial charge is 0.481 e. The molecule has 1 N–H and O–H groups in total. The number of carboxylic acids is 1. The number of carboxylic acid groups (broad SMARTS) is 1. The topological polar surface area (TPSA) is 37.3 Å². The minimum absolute atomic E-state index is 0.103. The van der Waals surface area contributed by atoms with E-state index in [9.17, 15) is 9.18 Å². The van der Waals surface area contributed by atoms with E-state index in [-0.39, 0.29) is 16.5 Å². The molecule has 0 spiro atoms. The van der Waals surface area contributed by atoms with Crippen LogP contribution in [0.5, 0.6) is 0 Å². The van der Waals surface area contributed by atoms with Crippen molar-refractivity contribution in [1.82, 2.24) is 0 Å². The van der Waals surface area contributed by atoms with Crippen molar-refractivity contribution < 1.29 is 14.3 Å². The van der Waals surface area contributed by atoms with Crippen LogP contribution < -0.4 is 0 Å². The van der Waals surface area contributed by atoms with E-state index < -0.39 is 11.8 Å². The molecule has 0 unspecified atom stereocenters. The fourth-order valence-corrected chi connectivity index (χ4v) is 1.29. The van der Waals surface area contributed by atoms with Gasteiger partial charge in [0.15, 0.2) is 0 Å². The smallest absolute Gasteiger partial charge is 0.307 e. The third kappa shape index (κ3) is 3.53. The van der Waals surface area contributed by atoms with E-state index in [2.05, 4.69) is 0 Å². The van der Waals surface area contributed by atoms with Gasteiger partial charge < -0.3 is 5.11 Å². The zero-order chi connectivity index (χ0) is 11.4. The van der Waals surface area contributed by atoms with Gasteiger partial charge in [-0.2, -0.15) is 0 Å². The summed E-state index contributed by atoms with van der Waals surface area (Å²) in [5.41, 5.74) is 0.475. The van der Waals surface area contributed by atoms with Crippen LogP contribution in [0, 0.1) is 5.82 Å². The number of hydrogen-bond acceptors (Lipinski definition) is 1. The van der Waals surface area contributed by atoms with Gasteiger partial charge in [-0.3, -0.25) is 4.79 Å². The van der Waals surface area contributed by atoms with Gasteiger partial charge in [-0.05, 0) is 17.7 Å². The lowest BCUT2D eigenvalue weighted by molar-refractivity contribution is -0.135. The second-order valence-corrected chi connectivity index (χ2v) is 3.58. The van der Waals surface area contributed by atoms with Gasteiger partial charge in [0.2, 0.25) is 0 Å². The summed E-state index contributed by atoms with van der Waals surface area (Å²) < 4.78 is 13.1. The highest BCUT2D eigenvalue weighted by Gasteiger charge is 2.05. The average Bonchev–Trinajstić information content (AvgIpc) is 2.13. The maximum Gasteiger partial charge on any atom is 0.307 e. The molecule has 1 aromatic carbocycles. The normalized spacial score (nSPS) is 10.9. The molecule has 5 heteroatoms. The number of halogens is 3. The lowest BCUT2D eigenvalue weighted by Gasteiger charge is -1.99. The van der Waals surface area contributed by atoms with Crippen molar-refractivity contribution in [3.05, 3.63) is 39.6 Å². The average molecular weight is 249 g/mol. The van der Waals surface area contributed by atoms with E-state index in [1.54, 1.807) is 0 Å². The van der Waals surface area contributed by atoms with E-state index in [1.165, 1.54) is 24.3 Å². The molecule has 15 heavy (non-hydrogen) atoms. The van der Waals surface area contributed by atoms with Gasteiger partial charge in [0.05, 0.1) is 16.5 Å². The fourth-order valence-electron chi connectivity index (χ4n) is 0.967. The maximum atomic E-state index is 13.1. The van der Waals surface area contributed by atoms with Crippen LogP contribution in [-0.4, -0.2) is 11.1 Å². The number of aliphatic carboxylic acids is 1. The van der Waals surface area contributed by atoms with Crippen molar-refractivity contribution in [2.45, 2.75) is 6.42 Å². The summed E-state index contributed by atoms with van der Waals surface area (Å²) in [6.07, 6.45) is 2.75. The molecule has 0 saturated heterocycles. The molecule has 0 bridgehead atoms. The van der Waals surface area contributed by atoms with E-state index in [1.807, 2.05) is 0 Å². The molecular weight excluding hydrogens is 242 g/mol. The maximum absolute atomic E-state index is 13.1. The van der Waals surface area contributed by atoms with Crippen molar-refractivity contribution in [1.29, 1.82) is 0 Å². The fraction of sp³-hybridized carbons (Fsp3) is 0.100. The highest BCUT2D eigenvalue weighted by atomic mass is 35.5. The van der Waals surface area contributed by atoms with Crippen LogP contribution in [0.15, 0.2) is 18.2 Å². The van der Waals surface area contributed by atoms with E-state index in [0.29, 0.717) is 5.56 Å². The molecule has 0 fully saturated rings. The predicted molar refractivity (Wildman–Crippen MR) is 57.7 cm³/mol. The van der Waals surface area contributed by atoms with Crippen molar-refractivity contribution >= 4 is 35.2 Å². The minimum atomic E-state index is -0.952. The summed E-state index contributed by atoms with van der Waals surface area (Å²) in [5, 5.41) is 8.34. The van der Waals surface area contributed by atoms with Crippen LogP contribution in [-0.2, 0) is 4.79 Å². The molecule has 1 rings (SSSR count). The first-order valence-electron chi connectivity index (χ1n) is 4.03. The van der Waals surface area contributed by atoms with E-state index >= 15 is 0 Å². The monoisotopic (exact) mass is 248 g/mol. The number of carbonyl (C=O) groups is 1. The molecule has 0 aliphatic rings. The predicted octanol–water partition coefficient (Wildman–Crippen LogP) is 3.62. The van der Waals surface area contributed by atoms with Crippen LogP contribution in [0.1, 0.15) is 12.0 Å². The third-order valence-electron chi connectivity index (χ3n) is 1.61. The van der Waals surface area contributed by atoms with Crippen molar-refractivity contribution in [2.75, 3.05) is 0 Å². The standard InChI is InChI=1S/C10H7Cl2FO2/c11-7-4-6(2-1-3-9(14)15)5-8(13)10(7)12/h1-2,4-5H,3H2,(H,14,15). The van der Waals surface area contributed by atoms with Gasteiger partial charge in [0.1, 0.15) is 5.82 Å². The zero-order valence-electron chi connectivity index (χ0n) is 7.51. The van der Waals surface area contributed by atoms with Crippen LogP contribution in [0.4, 0.5) is 4.39 Å². The highest BCUT2D eigenvalue weighted by Crippen LogP contribution is 2.26. The number of benzene rings is 1. The van der Waals surface area contributed by atoms with Gasteiger partial charge in [-0.1, -0.05) is 35.4 Å². The Bertz CT molecular complexity index is 393. The lowest BCUT2D eigenvalue weighted by atomic mass is 10.2. The first-order chi connectivity index (χ1) is 7.00. The molecule has 0 saturated carbocycles. The second-order valence-electron chi connectivity index (χ2n) is 2.80. The Labute approximate surface area is 95.9 Å². The molecule has 0 atom stereocenters. The van der Waals surface area contributed by atoms with Crippen LogP contribution in [0.3, 0.4) is 0 Å². The molecule has 80 valence electrons. The molecular formula is C10H7Cl2FO2. The summed E-state index contributed by atoms with van der Waals surface area (Å²) in [6.45, 7) is 0. The summed E-state index contributed by atoms with van der Waals surface area (Å²) in [7, 11) is 0. The Morgan fingerprint density at radius 3 is 2.67 bits per heavy atom. The summed E-state index contributed by atoms with van der Waals surface area (Å²) in [4.78, 5) is 10.2. The van der Waals surface area contributed by atoms with Gasteiger partial charge in [-0.25, -0.2) is 4.39 Å². The van der Waals surface area contributed by atoms with Gasteiger partial charge in [-0.15, -0.1) is 0 Å². The lowest BCUT2D eigenvalue weighted by Crippen LogP contribution is -1.89. The molecule has 0 aromatic heterocycles. The SMILES string of the molecule is O=C(O)CC=Cc1cc(F)c(Cl)c(Cl)c1. The van der Waals surface area contributed by atoms with E-state index in [4.69, 9.17) is 28.3 Å². The molecule has 2 nitrogen and oxygen atoms in total. The van der Waals surface area contributed by atoms with Crippen molar-refractivity contribution in [3.8, 4) is 0 Å². The van der Waals surface area contributed by atoms with Gasteiger partial charge in [0.25, 0.3) is 0 Å². The third-order valence-corrected chi connectivity index (χ3v) is 2.39. The number of rotatable bonds is 3. The molecule has 0 radical (unpaired) electrons. The Morgan fingerprint density at radius 1 is 1.47 bits per heavy atom. The Morgan fingerprint density at radius 2 is 2.13 bits per heavy atom. The minimum Gasteiger partial charge on any atom is -0.481 e. The zero-order valence-corrected chi connectivity index (χ0v) is 9.02. The second kappa shape index (κ2) is 5.14. The quantitative estimate of drug-likeness (QED) is 0.830. The molecule has 0 aliphatic heterocycles. The Hall–Kier alpha value is -1.06. The summed E-state index contributed by atoms with van der Waals surface area (Å²) >= 11 is 11.1. The van der Waals surface area contributed by atoms with Crippen molar-refractivity contribution in [3.63, 3.8) is 0 Å².